The summed E-state index contributed by atoms with van der Waals surface area (Å²) in [6.07, 6.45) is 1.46. The Morgan fingerprint density at radius 3 is 2.24 bits per heavy atom. The molecule has 10 heteroatoms. The maximum atomic E-state index is 13.2. The van der Waals surface area contributed by atoms with Gasteiger partial charge in [0, 0.05) is 41.7 Å². The van der Waals surface area contributed by atoms with Gasteiger partial charge in [-0.25, -0.2) is 8.42 Å². The van der Waals surface area contributed by atoms with Gasteiger partial charge in [-0.05, 0) is 51.0 Å². The Morgan fingerprint density at radius 1 is 1.06 bits per heavy atom. The first-order valence-corrected chi connectivity index (χ1v) is 13.6. The van der Waals surface area contributed by atoms with E-state index in [1.807, 2.05) is 19.1 Å². The van der Waals surface area contributed by atoms with Crippen LogP contribution in [-0.2, 0) is 26.2 Å². The fraction of sp³-hybridized carbons (Fsp3) is 0.417. The molecule has 1 atom stereocenters. The molecule has 0 aliphatic heterocycles. The predicted molar refractivity (Wildman–Crippen MR) is 138 cm³/mol. The molecule has 34 heavy (non-hydrogen) atoms. The highest BCUT2D eigenvalue weighted by molar-refractivity contribution is 7.92. The Morgan fingerprint density at radius 2 is 1.68 bits per heavy atom. The summed E-state index contributed by atoms with van der Waals surface area (Å²) in [6.45, 7) is 5.89. The van der Waals surface area contributed by atoms with Crippen LogP contribution in [0.2, 0.25) is 10.0 Å². The summed E-state index contributed by atoms with van der Waals surface area (Å²) in [5.74, 6) is -0.593. The zero-order valence-corrected chi connectivity index (χ0v) is 22.2. The molecule has 2 amide bonds. The second-order valence-electron chi connectivity index (χ2n) is 8.02. The molecule has 2 aromatic carbocycles. The number of sulfonamides is 1. The number of rotatable bonds is 11. The van der Waals surface area contributed by atoms with Crippen molar-refractivity contribution in [1.29, 1.82) is 0 Å². The molecule has 2 aromatic rings. The highest BCUT2D eigenvalue weighted by Gasteiger charge is 2.27. The number of carbonyl (C=O) groups excluding carboxylic acids is 2. The number of amides is 2. The highest BCUT2D eigenvalue weighted by atomic mass is 35.5. The van der Waals surface area contributed by atoms with Crippen LogP contribution in [0.15, 0.2) is 42.5 Å². The standard InChI is InChI=1S/C24H31Cl2N3O4S/c1-5-27-24(31)18(3)28(16-19-20(25)11-8-12-21(19)26)23(30)14-9-15-29(34(4,32)33)22-13-7-6-10-17(22)2/h6-8,10-13,18H,5,9,14-16H2,1-4H3,(H,27,31)/t18-/m0/s1. The highest BCUT2D eigenvalue weighted by Crippen LogP contribution is 2.27. The van der Waals surface area contributed by atoms with Gasteiger partial charge in [0.1, 0.15) is 6.04 Å². The van der Waals surface area contributed by atoms with E-state index in [4.69, 9.17) is 23.2 Å². The van der Waals surface area contributed by atoms with Gasteiger partial charge in [0.25, 0.3) is 0 Å². The van der Waals surface area contributed by atoms with Crippen molar-refractivity contribution in [3.8, 4) is 0 Å². The zero-order valence-electron chi connectivity index (χ0n) is 19.8. The summed E-state index contributed by atoms with van der Waals surface area (Å²) in [6, 6.07) is 11.5. The van der Waals surface area contributed by atoms with Crippen LogP contribution in [0.25, 0.3) is 0 Å². The van der Waals surface area contributed by atoms with Crippen molar-refractivity contribution in [2.24, 2.45) is 0 Å². The van der Waals surface area contributed by atoms with Crippen molar-refractivity contribution in [3.05, 3.63) is 63.6 Å². The van der Waals surface area contributed by atoms with Gasteiger partial charge in [-0.2, -0.15) is 0 Å². The van der Waals surface area contributed by atoms with E-state index in [0.717, 1.165) is 11.8 Å². The molecule has 2 rings (SSSR count). The Kier molecular flexibility index (Phi) is 10.2. The SMILES string of the molecule is CCNC(=O)[C@H](C)N(Cc1c(Cl)cccc1Cl)C(=O)CCCN(c1ccccc1C)S(C)(=O)=O. The predicted octanol–water partition coefficient (Wildman–Crippen LogP) is 4.40. The lowest BCUT2D eigenvalue weighted by Crippen LogP contribution is -2.47. The van der Waals surface area contributed by atoms with E-state index in [-0.39, 0.29) is 37.7 Å². The maximum Gasteiger partial charge on any atom is 0.242 e. The minimum Gasteiger partial charge on any atom is -0.355 e. The van der Waals surface area contributed by atoms with E-state index < -0.39 is 16.1 Å². The smallest absolute Gasteiger partial charge is 0.242 e. The number of nitrogens with one attached hydrogen (secondary N) is 1. The van der Waals surface area contributed by atoms with Gasteiger partial charge < -0.3 is 10.2 Å². The zero-order chi connectivity index (χ0) is 25.5. The maximum absolute atomic E-state index is 13.2. The molecule has 0 bridgehead atoms. The lowest BCUT2D eigenvalue weighted by atomic mass is 10.1. The third-order valence-electron chi connectivity index (χ3n) is 5.44. The molecular weight excluding hydrogens is 497 g/mol. The van der Waals surface area contributed by atoms with E-state index in [1.165, 1.54) is 9.21 Å². The number of benzene rings is 2. The van der Waals surface area contributed by atoms with Crippen molar-refractivity contribution < 1.29 is 18.0 Å². The van der Waals surface area contributed by atoms with E-state index >= 15 is 0 Å². The number of aryl methyl sites for hydroxylation is 1. The van der Waals surface area contributed by atoms with Gasteiger partial charge in [-0.15, -0.1) is 0 Å². The summed E-state index contributed by atoms with van der Waals surface area (Å²) in [7, 11) is -3.55. The van der Waals surface area contributed by atoms with Crippen molar-refractivity contribution in [1.82, 2.24) is 10.2 Å². The van der Waals surface area contributed by atoms with Crippen molar-refractivity contribution in [3.63, 3.8) is 0 Å². The summed E-state index contributed by atoms with van der Waals surface area (Å²) in [5.41, 5.74) is 1.94. The summed E-state index contributed by atoms with van der Waals surface area (Å²) in [4.78, 5) is 27.2. The Bertz CT molecular complexity index is 1100. The van der Waals surface area contributed by atoms with E-state index in [9.17, 15) is 18.0 Å². The van der Waals surface area contributed by atoms with Crippen LogP contribution in [0, 0.1) is 6.92 Å². The number of hydrogen-bond donors (Lipinski definition) is 1. The van der Waals surface area contributed by atoms with Gasteiger partial charge in [-0.1, -0.05) is 47.5 Å². The number of hydrogen-bond acceptors (Lipinski definition) is 4. The van der Waals surface area contributed by atoms with Gasteiger partial charge in [0.05, 0.1) is 11.9 Å². The summed E-state index contributed by atoms with van der Waals surface area (Å²) in [5, 5.41) is 3.53. The molecule has 0 radical (unpaired) electrons. The number of nitrogens with zero attached hydrogens (tertiary/aromatic N) is 2. The van der Waals surface area contributed by atoms with Crippen molar-refractivity contribution >= 4 is 50.7 Å². The van der Waals surface area contributed by atoms with Crippen LogP contribution in [-0.4, -0.2) is 50.5 Å². The number of halogens is 2. The summed E-state index contributed by atoms with van der Waals surface area (Å²) >= 11 is 12.6. The van der Waals surface area contributed by atoms with Crippen molar-refractivity contribution in [2.45, 2.75) is 46.2 Å². The van der Waals surface area contributed by atoms with Gasteiger partial charge >= 0.3 is 0 Å². The van der Waals surface area contributed by atoms with Crippen LogP contribution >= 0.6 is 23.2 Å². The third kappa shape index (κ3) is 7.35. The van der Waals surface area contributed by atoms with Crippen LogP contribution in [0.4, 0.5) is 5.69 Å². The molecule has 0 saturated carbocycles. The van der Waals surface area contributed by atoms with E-state index in [0.29, 0.717) is 27.8 Å². The number of para-hydroxylation sites is 1. The molecule has 186 valence electrons. The normalized spacial score (nSPS) is 12.2. The Labute approximate surface area is 212 Å². The number of likely N-dealkylation sites (N-methyl/N-ethyl adjacent to an activating group) is 1. The molecule has 0 saturated heterocycles. The van der Waals surface area contributed by atoms with Gasteiger partial charge in [0.15, 0.2) is 0 Å². The molecular formula is C24H31Cl2N3O4S. The third-order valence-corrected chi connectivity index (χ3v) is 7.33. The summed E-state index contributed by atoms with van der Waals surface area (Å²) < 4.78 is 26.2. The first-order valence-electron chi connectivity index (χ1n) is 11.0. The lowest BCUT2D eigenvalue weighted by Gasteiger charge is -2.30. The second kappa shape index (κ2) is 12.4. The Hall–Kier alpha value is -2.29. The number of anilines is 1. The fourth-order valence-electron chi connectivity index (χ4n) is 3.58. The van der Waals surface area contributed by atoms with E-state index in [2.05, 4.69) is 5.32 Å². The molecule has 0 spiro atoms. The minimum atomic E-state index is -3.55. The number of carbonyl (C=O) groups is 2. The average Bonchev–Trinajstić information content (AvgIpc) is 2.76. The molecule has 0 aliphatic rings. The topological polar surface area (TPSA) is 86.8 Å². The average molecular weight is 529 g/mol. The van der Waals surface area contributed by atoms with Crippen LogP contribution in [0.1, 0.15) is 37.8 Å². The molecule has 0 heterocycles. The van der Waals surface area contributed by atoms with Crippen LogP contribution in [0.5, 0.6) is 0 Å². The molecule has 0 unspecified atom stereocenters. The largest absolute Gasteiger partial charge is 0.355 e. The monoisotopic (exact) mass is 527 g/mol. The quantitative estimate of drug-likeness (QED) is 0.469. The van der Waals surface area contributed by atoms with Crippen LogP contribution < -0.4 is 9.62 Å². The van der Waals surface area contributed by atoms with Crippen LogP contribution in [0.3, 0.4) is 0 Å². The first kappa shape index (κ1) is 28.0. The van der Waals surface area contributed by atoms with E-state index in [1.54, 1.807) is 44.2 Å². The fourth-order valence-corrected chi connectivity index (χ4v) is 5.12. The molecule has 0 fully saturated rings. The van der Waals surface area contributed by atoms with Gasteiger partial charge in [-0.3, -0.25) is 13.9 Å². The Balaban J connectivity index is 2.22. The molecule has 0 aromatic heterocycles. The molecule has 1 N–H and O–H groups in total. The molecule has 7 nitrogen and oxygen atoms in total. The molecule has 0 aliphatic carbocycles. The van der Waals surface area contributed by atoms with Crippen molar-refractivity contribution in [2.75, 3.05) is 23.7 Å². The lowest BCUT2D eigenvalue weighted by molar-refractivity contribution is -0.140. The van der Waals surface area contributed by atoms with Gasteiger partial charge in [0.2, 0.25) is 21.8 Å². The first-order chi connectivity index (χ1) is 16.0. The second-order valence-corrected chi connectivity index (χ2v) is 10.7. The minimum absolute atomic E-state index is 0.0454.